The Morgan fingerprint density at radius 3 is 2.90 bits per heavy atom. The first-order valence-corrected chi connectivity index (χ1v) is 9.59. The number of carbonyl (C=O) groups excluding carboxylic acids is 2. The summed E-state index contributed by atoms with van der Waals surface area (Å²) in [4.78, 5) is 42.7. The van der Waals surface area contributed by atoms with Crippen LogP contribution in [0, 0.1) is 0 Å². The molecule has 3 heterocycles. The second kappa shape index (κ2) is 8.15. The van der Waals surface area contributed by atoms with E-state index in [1.165, 1.54) is 23.6 Å². The average Bonchev–Trinajstić information content (AvgIpc) is 3.35. The summed E-state index contributed by atoms with van der Waals surface area (Å²) >= 11 is 1.23. The van der Waals surface area contributed by atoms with Crippen molar-refractivity contribution in [1.82, 2.24) is 9.97 Å². The second-order valence-corrected chi connectivity index (χ2v) is 6.99. The maximum Gasteiger partial charge on any atom is 0.263 e. The smallest absolute Gasteiger partial charge is 0.263 e. The molecule has 0 spiro atoms. The first-order chi connectivity index (χ1) is 14.1. The summed E-state index contributed by atoms with van der Waals surface area (Å²) in [6, 6.07) is 8.20. The highest BCUT2D eigenvalue weighted by Crippen LogP contribution is 2.34. The SMILES string of the molecule is O=C(CCc1csc(NC(=O)c2ccc[nH]c2=O)n1)Nc1ccc2c(c1)OCO2. The van der Waals surface area contributed by atoms with Gasteiger partial charge in [0.2, 0.25) is 12.7 Å². The van der Waals surface area contributed by atoms with Gasteiger partial charge in [-0.3, -0.25) is 19.7 Å². The largest absolute Gasteiger partial charge is 0.454 e. The maximum absolute atomic E-state index is 12.2. The molecule has 10 heteroatoms. The van der Waals surface area contributed by atoms with Gasteiger partial charge < -0.3 is 19.8 Å². The van der Waals surface area contributed by atoms with Crippen LogP contribution in [0.1, 0.15) is 22.5 Å². The van der Waals surface area contributed by atoms with Gasteiger partial charge >= 0.3 is 0 Å². The van der Waals surface area contributed by atoms with E-state index in [0.717, 1.165) is 0 Å². The van der Waals surface area contributed by atoms with Crippen LogP contribution in [0.5, 0.6) is 11.5 Å². The summed E-state index contributed by atoms with van der Waals surface area (Å²) in [5, 5.41) is 7.52. The van der Waals surface area contributed by atoms with Crippen molar-refractivity contribution in [2.45, 2.75) is 12.8 Å². The number of aryl methyl sites for hydroxylation is 1. The summed E-state index contributed by atoms with van der Waals surface area (Å²) < 4.78 is 10.5. The van der Waals surface area contributed by atoms with Crippen molar-refractivity contribution < 1.29 is 19.1 Å². The van der Waals surface area contributed by atoms with Crippen LogP contribution >= 0.6 is 11.3 Å². The molecular weight excluding hydrogens is 396 g/mol. The standard InChI is InChI=1S/C19H16N4O5S/c24-16(21-11-3-5-14-15(8-11)28-10-27-14)6-4-12-9-29-19(22-12)23-18(26)13-2-1-7-20-17(13)25/h1-3,5,7-9H,4,6,10H2,(H,20,25)(H,21,24)(H,22,23,26). The Hall–Kier alpha value is -3.66. The van der Waals surface area contributed by atoms with Gasteiger partial charge in [0.15, 0.2) is 16.6 Å². The van der Waals surface area contributed by atoms with Gasteiger partial charge in [-0.1, -0.05) is 0 Å². The molecule has 9 nitrogen and oxygen atoms in total. The predicted octanol–water partition coefficient (Wildman–Crippen LogP) is 2.38. The van der Waals surface area contributed by atoms with Crippen LogP contribution < -0.4 is 25.7 Å². The fourth-order valence-electron chi connectivity index (χ4n) is 2.68. The second-order valence-electron chi connectivity index (χ2n) is 6.13. The molecular formula is C19H16N4O5S. The van der Waals surface area contributed by atoms with E-state index in [1.54, 1.807) is 29.6 Å². The summed E-state index contributed by atoms with van der Waals surface area (Å²) in [7, 11) is 0. The zero-order valence-corrected chi connectivity index (χ0v) is 15.9. The summed E-state index contributed by atoms with van der Waals surface area (Å²) in [6.07, 6.45) is 2.09. The lowest BCUT2D eigenvalue weighted by molar-refractivity contribution is -0.116. The van der Waals surface area contributed by atoms with E-state index in [-0.39, 0.29) is 24.7 Å². The van der Waals surface area contributed by atoms with Crippen LogP contribution in [-0.4, -0.2) is 28.6 Å². The van der Waals surface area contributed by atoms with Crippen LogP contribution in [0.2, 0.25) is 0 Å². The highest BCUT2D eigenvalue weighted by molar-refractivity contribution is 7.14. The number of ether oxygens (including phenoxy) is 2. The topological polar surface area (TPSA) is 122 Å². The van der Waals surface area contributed by atoms with Crippen molar-refractivity contribution in [1.29, 1.82) is 0 Å². The van der Waals surface area contributed by atoms with E-state index in [2.05, 4.69) is 20.6 Å². The number of thiazole rings is 1. The number of hydrogen-bond acceptors (Lipinski definition) is 7. The Balaban J connectivity index is 1.30. The molecule has 1 aliphatic heterocycles. The van der Waals surface area contributed by atoms with E-state index in [1.807, 2.05) is 0 Å². The van der Waals surface area contributed by atoms with Gasteiger partial charge in [-0.05, 0) is 30.7 Å². The van der Waals surface area contributed by atoms with Crippen molar-refractivity contribution in [2.24, 2.45) is 0 Å². The van der Waals surface area contributed by atoms with Crippen LogP contribution in [0.3, 0.4) is 0 Å². The van der Waals surface area contributed by atoms with Gasteiger partial charge in [0.25, 0.3) is 11.5 Å². The van der Waals surface area contributed by atoms with Crippen molar-refractivity contribution >= 4 is 34.0 Å². The lowest BCUT2D eigenvalue weighted by atomic mass is 10.2. The lowest BCUT2D eigenvalue weighted by Gasteiger charge is -2.05. The number of fused-ring (bicyclic) bond motifs is 1. The molecule has 2 aromatic heterocycles. The molecule has 0 saturated heterocycles. The quantitative estimate of drug-likeness (QED) is 0.571. The van der Waals surface area contributed by atoms with Crippen LogP contribution in [0.15, 0.2) is 46.7 Å². The van der Waals surface area contributed by atoms with Gasteiger partial charge in [-0.2, -0.15) is 0 Å². The molecule has 0 atom stereocenters. The molecule has 29 heavy (non-hydrogen) atoms. The summed E-state index contributed by atoms with van der Waals surface area (Å²) in [6.45, 7) is 0.175. The summed E-state index contributed by atoms with van der Waals surface area (Å²) in [5.41, 5.74) is 0.834. The Morgan fingerprint density at radius 1 is 1.17 bits per heavy atom. The van der Waals surface area contributed by atoms with E-state index in [9.17, 15) is 14.4 Å². The molecule has 3 aromatic rings. The fraction of sp³-hybridized carbons (Fsp3) is 0.158. The molecule has 0 bridgehead atoms. The molecule has 1 aromatic carbocycles. The normalized spacial score (nSPS) is 11.9. The molecule has 148 valence electrons. The molecule has 0 unspecified atom stereocenters. The fourth-order valence-corrected chi connectivity index (χ4v) is 3.42. The number of benzene rings is 1. The third kappa shape index (κ3) is 4.43. The Kier molecular flexibility index (Phi) is 5.25. The van der Waals surface area contributed by atoms with Crippen molar-refractivity contribution in [3.63, 3.8) is 0 Å². The number of amides is 2. The third-order valence-electron chi connectivity index (χ3n) is 4.10. The highest BCUT2D eigenvalue weighted by Gasteiger charge is 2.15. The molecule has 4 rings (SSSR count). The highest BCUT2D eigenvalue weighted by atomic mass is 32.1. The van der Waals surface area contributed by atoms with Crippen molar-refractivity contribution in [3.05, 3.63) is 63.5 Å². The molecule has 0 fully saturated rings. The zero-order chi connectivity index (χ0) is 20.2. The van der Waals surface area contributed by atoms with Crippen LogP contribution in [0.25, 0.3) is 0 Å². The number of nitrogens with zero attached hydrogens (tertiary/aromatic N) is 1. The number of carbonyl (C=O) groups is 2. The number of hydrogen-bond donors (Lipinski definition) is 3. The number of aromatic nitrogens is 2. The first-order valence-electron chi connectivity index (χ1n) is 8.71. The number of H-pyrrole nitrogens is 1. The minimum atomic E-state index is -0.534. The molecule has 0 radical (unpaired) electrons. The Labute approximate surface area is 168 Å². The monoisotopic (exact) mass is 412 g/mol. The van der Waals surface area contributed by atoms with Gasteiger partial charge in [0.1, 0.15) is 5.56 Å². The number of rotatable bonds is 6. The third-order valence-corrected chi connectivity index (χ3v) is 4.91. The van der Waals surface area contributed by atoms with Crippen molar-refractivity contribution in [2.75, 3.05) is 17.4 Å². The minimum absolute atomic E-state index is 0.00681. The predicted molar refractivity (Wildman–Crippen MR) is 107 cm³/mol. The number of pyridine rings is 1. The van der Waals surface area contributed by atoms with E-state index >= 15 is 0 Å². The molecule has 0 saturated carbocycles. The lowest BCUT2D eigenvalue weighted by Crippen LogP contribution is -2.22. The van der Waals surface area contributed by atoms with Crippen LogP contribution in [0.4, 0.5) is 10.8 Å². The maximum atomic E-state index is 12.2. The minimum Gasteiger partial charge on any atom is -0.454 e. The van der Waals surface area contributed by atoms with E-state index < -0.39 is 11.5 Å². The van der Waals surface area contributed by atoms with E-state index in [0.29, 0.717) is 34.4 Å². The molecule has 3 N–H and O–H groups in total. The van der Waals surface area contributed by atoms with Crippen LogP contribution in [-0.2, 0) is 11.2 Å². The Morgan fingerprint density at radius 2 is 2.03 bits per heavy atom. The van der Waals surface area contributed by atoms with Gasteiger partial charge in [-0.25, -0.2) is 4.98 Å². The van der Waals surface area contributed by atoms with Gasteiger partial charge in [0.05, 0.1) is 5.69 Å². The average molecular weight is 412 g/mol. The summed E-state index contributed by atoms with van der Waals surface area (Å²) in [5.74, 6) is 0.545. The zero-order valence-electron chi connectivity index (χ0n) is 15.1. The number of nitrogens with one attached hydrogen (secondary N) is 3. The van der Waals surface area contributed by atoms with Gasteiger partial charge in [-0.15, -0.1) is 11.3 Å². The first kappa shape index (κ1) is 18.7. The molecule has 1 aliphatic rings. The van der Waals surface area contributed by atoms with E-state index in [4.69, 9.17) is 9.47 Å². The van der Waals surface area contributed by atoms with Gasteiger partial charge in [0, 0.05) is 29.8 Å². The Bertz CT molecular complexity index is 1120. The number of aromatic amines is 1. The number of anilines is 2. The van der Waals surface area contributed by atoms with Crippen molar-refractivity contribution in [3.8, 4) is 11.5 Å². The molecule has 0 aliphatic carbocycles. The molecule has 2 amide bonds.